The number of hydrogen-bond acceptors (Lipinski definition) is 4. The molecule has 6 heteroatoms. The Hall–Kier alpha value is -1.87. The Morgan fingerprint density at radius 2 is 2.23 bits per heavy atom. The van der Waals surface area contributed by atoms with E-state index in [4.69, 9.17) is 0 Å². The van der Waals surface area contributed by atoms with Crippen LogP contribution in [0.3, 0.4) is 0 Å². The molecule has 1 saturated carbocycles. The van der Waals surface area contributed by atoms with Crippen LogP contribution in [0.15, 0.2) is 18.5 Å². The van der Waals surface area contributed by atoms with Gasteiger partial charge < -0.3 is 10.2 Å². The van der Waals surface area contributed by atoms with Crippen LogP contribution in [0.25, 0.3) is 0 Å². The lowest BCUT2D eigenvalue weighted by Gasteiger charge is -2.39. The van der Waals surface area contributed by atoms with Gasteiger partial charge in [0.1, 0.15) is 5.54 Å². The number of rotatable bonds is 6. The van der Waals surface area contributed by atoms with Gasteiger partial charge in [-0.2, -0.15) is 10.4 Å². The van der Waals surface area contributed by atoms with E-state index in [0.717, 1.165) is 32.1 Å². The van der Waals surface area contributed by atoms with Crippen molar-refractivity contribution in [1.82, 2.24) is 20.0 Å². The van der Waals surface area contributed by atoms with Gasteiger partial charge in [0.25, 0.3) is 0 Å². The second-order valence-corrected chi connectivity index (χ2v) is 6.17. The largest absolute Gasteiger partial charge is 0.326 e. The van der Waals surface area contributed by atoms with Crippen LogP contribution in [0, 0.1) is 11.3 Å². The molecular weight excluding hydrogens is 278 g/mol. The third-order valence-corrected chi connectivity index (χ3v) is 4.53. The van der Waals surface area contributed by atoms with E-state index in [2.05, 4.69) is 16.5 Å². The summed E-state index contributed by atoms with van der Waals surface area (Å²) in [5.41, 5.74) is -0.609. The topological polar surface area (TPSA) is 74.0 Å². The first-order valence-electron chi connectivity index (χ1n) is 7.96. The first-order valence-corrected chi connectivity index (χ1v) is 7.96. The van der Waals surface area contributed by atoms with Crippen molar-refractivity contribution in [2.45, 2.75) is 57.2 Å². The van der Waals surface area contributed by atoms with Gasteiger partial charge in [-0.1, -0.05) is 19.3 Å². The van der Waals surface area contributed by atoms with Crippen molar-refractivity contribution < 1.29 is 4.79 Å². The molecule has 22 heavy (non-hydrogen) atoms. The Morgan fingerprint density at radius 1 is 1.50 bits per heavy atom. The number of carbonyl (C=O) groups is 1. The summed E-state index contributed by atoms with van der Waals surface area (Å²) < 4.78 is 1.84. The highest BCUT2D eigenvalue weighted by Crippen LogP contribution is 2.32. The first kappa shape index (κ1) is 16.5. The van der Waals surface area contributed by atoms with Gasteiger partial charge in [-0.25, -0.2) is 0 Å². The van der Waals surface area contributed by atoms with E-state index in [1.165, 1.54) is 0 Å². The molecule has 1 aliphatic carbocycles. The second-order valence-electron chi connectivity index (χ2n) is 6.17. The Morgan fingerprint density at radius 3 is 2.82 bits per heavy atom. The van der Waals surface area contributed by atoms with Crippen LogP contribution >= 0.6 is 0 Å². The molecule has 0 saturated heterocycles. The minimum atomic E-state index is -0.609. The Bertz CT molecular complexity index is 513. The van der Waals surface area contributed by atoms with Crippen LogP contribution in [-0.4, -0.2) is 45.8 Å². The highest BCUT2D eigenvalue weighted by molar-refractivity contribution is 5.79. The molecule has 1 amide bonds. The number of hydrogen-bond donors (Lipinski definition) is 1. The molecule has 0 radical (unpaired) electrons. The van der Waals surface area contributed by atoms with E-state index in [0.29, 0.717) is 6.54 Å². The van der Waals surface area contributed by atoms with E-state index in [-0.39, 0.29) is 18.5 Å². The summed E-state index contributed by atoms with van der Waals surface area (Å²) in [5.74, 6) is -0.0178. The average molecular weight is 303 g/mol. The van der Waals surface area contributed by atoms with Crippen LogP contribution in [-0.2, 0) is 11.3 Å². The fourth-order valence-electron chi connectivity index (χ4n) is 3.03. The summed E-state index contributed by atoms with van der Waals surface area (Å²) in [4.78, 5) is 14.1. The third kappa shape index (κ3) is 3.86. The standard InChI is InChI=1S/C16H25N5O/c1-14(12-21-10-6-9-19-21)18-11-15(22)20(2)16(13-17)7-4-3-5-8-16/h6,9-10,14,18H,3-5,7-8,11-12H2,1-2H3/t14-/m1/s1. The van der Waals surface area contributed by atoms with Crippen molar-refractivity contribution in [2.24, 2.45) is 0 Å². The van der Waals surface area contributed by atoms with Gasteiger partial charge in [-0.15, -0.1) is 0 Å². The van der Waals surface area contributed by atoms with Crippen molar-refractivity contribution in [3.8, 4) is 6.07 Å². The zero-order valence-corrected chi connectivity index (χ0v) is 13.5. The number of nitriles is 1. The van der Waals surface area contributed by atoms with Crippen LogP contribution in [0.4, 0.5) is 0 Å². The number of nitrogens with zero attached hydrogens (tertiary/aromatic N) is 4. The third-order valence-electron chi connectivity index (χ3n) is 4.53. The number of amides is 1. The van der Waals surface area contributed by atoms with Gasteiger partial charge >= 0.3 is 0 Å². The van der Waals surface area contributed by atoms with Crippen molar-refractivity contribution in [3.63, 3.8) is 0 Å². The smallest absolute Gasteiger partial charge is 0.237 e. The van der Waals surface area contributed by atoms with Gasteiger partial charge in [0.05, 0.1) is 19.2 Å². The molecule has 1 fully saturated rings. The van der Waals surface area contributed by atoms with Crippen molar-refractivity contribution in [1.29, 1.82) is 5.26 Å². The van der Waals surface area contributed by atoms with Crippen LogP contribution in [0.2, 0.25) is 0 Å². The van der Waals surface area contributed by atoms with Crippen LogP contribution in [0.1, 0.15) is 39.0 Å². The molecule has 0 aliphatic heterocycles. The fourth-order valence-corrected chi connectivity index (χ4v) is 3.03. The fraction of sp³-hybridized carbons (Fsp3) is 0.688. The van der Waals surface area contributed by atoms with Crippen LogP contribution in [0.5, 0.6) is 0 Å². The summed E-state index contributed by atoms with van der Waals surface area (Å²) in [6.45, 7) is 2.99. The van der Waals surface area contributed by atoms with Gasteiger partial charge in [0.2, 0.25) is 5.91 Å². The molecule has 0 unspecified atom stereocenters. The maximum atomic E-state index is 12.4. The lowest BCUT2D eigenvalue weighted by atomic mass is 9.81. The van der Waals surface area contributed by atoms with E-state index < -0.39 is 5.54 Å². The summed E-state index contributed by atoms with van der Waals surface area (Å²) in [6, 6.07) is 4.41. The molecule has 0 aromatic carbocycles. The lowest BCUT2D eigenvalue weighted by Crippen LogP contribution is -2.53. The minimum absolute atomic E-state index is 0.0178. The Labute approximate surface area is 132 Å². The summed E-state index contributed by atoms with van der Waals surface area (Å²) in [7, 11) is 1.76. The number of aromatic nitrogens is 2. The predicted molar refractivity (Wildman–Crippen MR) is 83.9 cm³/mol. The average Bonchev–Trinajstić information content (AvgIpc) is 3.05. The molecule has 1 aromatic rings. The Kier molecular flexibility index (Phi) is 5.56. The SMILES string of the molecule is C[C@H](Cn1cccn1)NCC(=O)N(C)C1(C#N)CCCCC1. The molecule has 6 nitrogen and oxygen atoms in total. The van der Waals surface area contributed by atoms with Gasteiger partial charge in [0, 0.05) is 25.5 Å². The molecule has 0 bridgehead atoms. The maximum absolute atomic E-state index is 12.4. The van der Waals surface area contributed by atoms with Crippen molar-refractivity contribution in [2.75, 3.05) is 13.6 Å². The van der Waals surface area contributed by atoms with E-state index in [9.17, 15) is 10.1 Å². The highest BCUT2D eigenvalue weighted by atomic mass is 16.2. The molecule has 0 spiro atoms. The number of likely N-dealkylation sites (N-methyl/N-ethyl adjacent to an activating group) is 1. The van der Waals surface area contributed by atoms with Crippen molar-refractivity contribution >= 4 is 5.91 Å². The molecule has 120 valence electrons. The quantitative estimate of drug-likeness (QED) is 0.865. The molecule has 1 aliphatic rings. The van der Waals surface area contributed by atoms with Gasteiger partial charge in [-0.3, -0.25) is 9.48 Å². The molecule has 1 heterocycles. The normalized spacial score (nSPS) is 18.4. The first-order chi connectivity index (χ1) is 10.6. The monoisotopic (exact) mass is 303 g/mol. The summed E-state index contributed by atoms with van der Waals surface area (Å²) in [5, 5.41) is 16.9. The molecule has 1 aromatic heterocycles. The van der Waals surface area contributed by atoms with Gasteiger partial charge in [0.15, 0.2) is 0 Å². The predicted octanol–water partition coefficient (Wildman–Crippen LogP) is 1.55. The lowest BCUT2D eigenvalue weighted by molar-refractivity contribution is -0.134. The number of nitrogens with one attached hydrogen (secondary N) is 1. The second kappa shape index (κ2) is 7.41. The van der Waals surface area contributed by atoms with Gasteiger partial charge in [-0.05, 0) is 25.8 Å². The van der Waals surface area contributed by atoms with E-state index >= 15 is 0 Å². The molecule has 1 atom stereocenters. The Balaban J connectivity index is 1.84. The van der Waals surface area contributed by atoms with E-state index in [1.807, 2.05) is 23.9 Å². The van der Waals surface area contributed by atoms with Crippen LogP contribution < -0.4 is 5.32 Å². The molecular formula is C16H25N5O. The minimum Gasteiger partial charge on any atom is -0.326 e. The number of carbonyl (C=O) groups excluding carboxylic acids is 1. The molecule has 2 rings (SSSR count). The summed E-state index contributed by atoms with van der Waals surface area (Å²) in [6.07, 6.45) is 8.42. The zero-order chi connectivity index (χ0) is 16.0. The molecule has 1 N–H and O–H groups in total. The van der Waals surface area contributed by atoms with E-state index in [1.54, 1.807) is 18.1 Å². The van der Waals surface area contributed by atoms with Crippen molar-refractivity contribution in [3.05, 3.63) is 18.5 Å². The zero-order valence-electron chi connectivity index (χ0n) is 13.5. The highest BCUT2D eigenvalue weighted by Gasteiger charge is 2.38. The maximum Gasteiger partial charge on any atom is 0.237 e. The summed E-state index contributed by atoms with van der Waals surface area (Å²) >= 11 is 0.